The van der Waals surface area contributed by atoms with E-state index in [2.05, 4.69) is 27.0 Å². The third-order valence-corrected chi connectivity index (χ3v) is 5.76. The number of nitrogens with zero attached hydrogens (tertiary/aromatic N) is 1. The van der Waals surface area contributed by atoms with Crippen molar-refractivity contribution in [3.05, 3.63) is 52.2 Å². The van der Waals surface area contributed by atoms with Gasteiger partial charge < -0.3 is 15.4 Å². The van der Waals surface area contributed by atoms with Crippen molar-refractivity contribution in [2.45, 2.75) is 25.8 Å². The van der Waals surface area contributed by atoms with E-state index in [1.807, 2.05) is 13.0 Å². The third kappa shape index (κ3) is 5.56. The van der Waals surface area contributed by atoms with Crippen LogP contribution in [0, 0.1) is 0 Å². The van der Waals surface area contributed by atoms with E-state index in [1.165, 1.54) is 17.7 Å². The van der Waals surface area contributed by atoms with Crippen LogP contribution < -0.4 is 15.4 Å². The predicted molar refractivity (Wildman–Crippen MR) is 111 cm³/mol. The lowest BCUT2D eigenvalue weighted by molar-refractivity contribution is -0.120. The minimum absolute atomic E-state index is 0.0385. The topological polar surface area (TPSA) is 70.7 Å². The maximum Gasteiger partial charge on any atom is 0.251 e. The summed E-state index contributed by atoms with van der Waals surface area (Å²) in [4.78, 5) is 28.1. The molecule has 6 nitrogen and oxygen atoms in total. The van der Waals surface area contributed by atoms with Crippen molar-refractivity contribution in [3.63, 3.8) is 0 Å². The Balaban J connectivity index is 1.47. The van der Waals surface area contributed by atoms with Crippen molar-refractivity contribution >= 4 is 23.2 Å². The summed E-state index contributed by atoms with van der Waals surface area (Å²) in [7, 11) is 0. The summed E-state index contributed by atoms with van der Waals surface area (Å²) in [6.45, 7) is 5.13. The number of carbonyl (C=O) groups is 2. The van der Waals surface area contributed by atoms with Gasteiger partial charge in [0.05, 0.1) is 19.2 Å². The number of thiophene rings is 1. The van der Waals surface area contributed by atoms with Crippen molar-refractivity contribution < 1.29 is 14.3 Å². The van der Waals surface area contributed by atoms with Gasteiger partial charge in [-0.3, -0.25) is 14.5 Å². The van der Waals surface area contributed by atoms with Crippen LogP contribution in [-0.2, 0) is 4.79 Å². The van der Waals surface area contributed by atoms with E-state index in [9.17, 15) is 9.59 Å². The average molecular weight is 402 g/mol. The van der Waals surface area contributed by atoms with E-state index >= 15 is 0 Å². The quantitative estimate of drug-likeness (QED) is 0.678. The van der Waals surface area contributed by atoms with Gasteiger partial charge in [0.2, 0.25) is 5.91 Å². The van der Waals surface area contributed by atoms with Crippen LogP contribution in [0.2, 0.25) is 0 Å². The standard InChI is InChI=1S/C21H27N3O3S/c1-2-27-17-9-7-16(8-10-17)21(26)23-15-20(25)22-14-18(19-6-5-13-28-19)24-11-3-4-12-24/h5-10,13,18H,2-4,11-12,14-15H2,1H3,(H,22,25)(H,23,26)/t18-/m1/s1. The first-order chi connectivity index (χ1) is 13.7. The van der Waals surface area contributed by atoms with E-state index in [0.29, 0.717) is 18.7 Å². The van der Waals surface area contributed by atoms with Gasteiger partial charge in [0.1, 0.15) is 5.75 Å². The second-order valence-electron chi connectivity index (χ2n) is 6.72. The van der Waals surface area contributed by atoms with Crippen molar-refractivity contribution in [2.75, 3.05) is 32.8 Å². The zero-order valence-corrected chi connectivity index (χ0v) is 17.0. The van der Waals surface area contributed by atoms with E-state index in [-0.39, 0.29) is 24.4 Å². The smallest absolute Gasteiger partial charge is 0.251 e. The van der Waals surface area contributed by atoms with Crippen molar-refractivity contribution in [3.8, 4) is 5.75 Å². The zero-order chi connectivity index (χ0) is 19.8. The molecule has 1 saturated heterocycles. The van der Waals surface area contributed by atoms with Gasteiger partial charge >= 0.3 is 0 Å². The highest BCUT2D eigenvalue weighted by Gasteiger charge is 2.24. The number of rotatable bonds is 9. The zero-order valence-electron chi connectivity index (χ0n) is 16.1. The van der Waals surface area contributed by atoms with Gasteiger partial charge in [-0.15, -0.1) is 11.3 Å². The molecule has 7 heteroatoms. The van der Waals surface area contributed by atoms with Crippen LogP contribution in [0.1, 0.15) is 41.0 Å². The number of nitrogens with one attached hydrogen (secondary N) is 2. The second kappa shape index (κ2) is 10.2. The fourth-order valence-electron chi connectivity index (χ4n) is 3.35. The largest absolute Gasteiger partial charge is 0.494 e. The molecule has 1 atom stereocenters. The molecule has 0 radical (unpaired) electrons. The predicted octanol–water partition coefficient (Wildman–Crippen LogP) is 2.83. The average Bonchev–Trinajstić information content (AvgIpc) is 3.42. The fourth-order valence-corrected chi connectivity index (χ4v) is 4.21. The first-order valence-electron chi connectivity index (χ1n) is 9.72. The molecule has 0 saturated carbocycles. The number of hydrogen-bond acceptors (Lipinski definition) is 5. The van der Waals surface area contributed by atoms with Gasteiger partial charge in [-0.1, -0.05) is 6.07 Å². The highest BCUT2D eigenvalue weighted by molar-refractivity contribution is 7.10. The number of amides is 2. The third-order valence-electron chi connectivity index (χ3n) is 4.78. The van der Waals surface area contributed by atoms with Crippen LogP contribution in [0.3, 0.4) is 0 Å². The van der Waals surface area contributed by atoms with E-state index in [1.54, 1.807) is 35.6 Å². The first kappa shape index (κ1) is 20.4. The summed E-state index contributed by atoms with van der Waals surface area (Å²) < 4.78 is 5.37. The number of benzene rings is 1. The van der Waals surface area contributed by atoms with Gasteiger partial charge in [-0.2, -0.15) is 0 Å². The van der Waals surface area contributed by atoms with Crippen LogP contribution >= 0.6 is 11.3 Å². The van der Waals surface area contributed by atoms with Crippen molar-refractivity contribution in [1.29, 1.82) is 0 Å². The molecule has 3 rings (SSSR count). The molecule has 2 amide bonds. The summed E-state index contributed by atoms with van der Waals surface area (Å²) in [6, 6.07) is 11.3. The van der Waals surface area contributed by atoms with Crippen molar-refractivity contribution in [1.82, 2.24) is 15.5 Å². The molecule has 1 fully saturated rings. The maximum atomic E-state index is 12.2. The summed E-state index contributed by atoms with van der Waals surface area (Å²) >= 11 is 1.72. The van der Waals surface area contributed by atoms with Gasteiger partial charge in [0, 0.05) is 17.0 Å². The van der Waals surface area contributed by atoms with Crippen LogP contribution in [0.4, 0.5) is 0 Å². The van der Waals surface area contributed by atoms with Crippen LogP contribution in [-0.4, -0.2) is 49.5 Å². The number of hydrogen-bond donors (Lipinski definition) is 2. The van der Waals surface area contributed by atoms with Gasteiger partial charge in [-0.25, -0.2) is 0 Å². The van der Waals surface area contributed by atoms with Gasteiger partial charge in [0.15, 0.2) is 0 Å². The lowest BCUT2D eigenvalue weighted by Gasteiger charge is -2.26. The molecule has 150 valence electrons. The molecule has 0 bridgehead atoms. The highest BCUT2D eigenvalue weighted by Crippen LogP contribution is 2.27. The fraction of sp³-hybridized carbons (Fsp3) is 0.429. The molecular weight excluding hydrogens is 374 g/mol. The van der Waals surface area contributed by atoms with Crippen LogP contribution in [0.15, 0.2) is 41.8 Å². The molecule has 28 heavy (non-hydrogen) atoms. The normalized spacial score (nSPS) is 15.2. The minimum Gasteiger partial charge on any atom is -0.494 e. The van der Waals surface area contributed by atoms with E-state index in [4.69, 9.17) is 4.74 Å². The Bertz CT molecular complexity index is 756. The summed E-state index contributed by atoms with van der Waals surface area (Å²) in [5.74, 6) is 0.269. The Hall–Kier alpha value is -2.38. The maximum absolute atomic E-state index is 12.2. The minimum atomic E-state index is -0.271. The summed E-state index contributed by atoms with van der Waals surface area (Å²) in [5.41, 5.74) is 0.504. The SMILES string of the molecule is CCOc1ccc(C(=O)NCC(=O)NC[C@H](c2cccs2)N2CCCC2)cc1. The summed E-state index contributed by atoms with van der Waals surface area (Å²) in [6.07, 6.45) is 2.40. The first-order valence-corrected chi connectivity index (χ1v) is 10.6. The second-order valence-corrected chi connectivity index (χ2v) is 7.70. The number of ether oxygens (including phenoxy) is 1. The lowest BCUT2D eigenvalue weighted by Crippen LogP contribution is -2.41. The molecular formula is C21H27N3O3S. The molecule has 0 unspecified atom stereocenters. The molecule has 2 N–H and O–H groups in total. The number of likely N-dealkylation sites (tertiary alicyclic amines) is 1. The van der Waals surface area contributed by atoms with E-state index in [0.717, 1.165) is 18.8 Å². The molecule has 1 aromatic heterocycles. The Morgan fingerprint density at radius 3 is 2.54 bits per heavy atom. The van der Waals surface area contributed by atoms with Crippen LogP contribution in [0.25, 0.3) is 0 Å². The Kier molecular flexibility index (Phi) is 7.45. The van der Waals surface area contributed by atoms with Crippen LogP contribution in [0.5, 0.6) is 5.75 Å². The van der Waals surface area contributed by atoms with Gasteiger partial charge in [0.25, 0.3) is 5.91 Å². The van der Waals surface area contributed by atoms with Crippen molar-refractivity contribution in [2.24, 2.45) is 0 Å². The molecule has 2 heterocycles. The summed E-state index contributed by atoms with van der Waals surface area (Å²) in [5, 5.41) is 7.71. The monoisotopic (exact) mass is 401 g/mol. The van der Waals surface area contributed by atoms with Gasteiger partial charge in [-0.05, 0) is 68.6 Å². The molecule has 0 aliphatic carbocycles. The Morgan fingerprint density at radius 2 is 1.89 bits per heavy atom. The number of carbonyl (C=O) groups excluding carboxylic acids is 2. The molecule has 1 aliphatic rings. The van der Waals surface area contributed by atoms with E-state index < -0.39 is 0 Å². The molecule has 1 aliphatic heterocycles. The Morgan fingerprint density at radius 1 is 1.14 bits per heavy atom. The molecule has 1 aromatic carbocycles. The Labute approximate surface area is 169 Å². The molecule has 0 spiro atoms. The lowest BCUT2D eigenvalue weighted by atomic mass is 10.2. The molecule has 2 aromatic rings. The highest BCUT2D eigenvalue weighted by atomic mass is 32.1.